The third kappa shape index (κ3) is 2.75. The zero-order valence-electron chi connectivity index (χ0n) is 7.17. The van der Waals surface area contributed by atoms with E-state index in [9.17, 15) is 4.79 Å². The van der Waals surface area contributed by atoms with E-state index in [-0.39, 0.29) is 5.78 Å². The van der Waals surface area contributed by atoms with Crippen LogP contribution >= 0.6 is 11.3 Å². The lowest BCUT2D eigenvalue weighted by molar-refractivity contribution is 0.0983. The molecule has 1 rings (SSSR count). The molecule has 0 atom stereocenters. The lowest BCUT2D eigenvalue weighted by atomic mass is 10.2. The van der Waals surface area contributed by atoms with E-state index in [4.69, 9.17) is 0 Å². The van der Waals surface area contributed by atoms with Crippen LogP contribution in [0, 0.1) is 0 Å². The van der Waals surface area contributed by atoms with Gasteiger partial charge in [0.05, 0.1) is 0 Å². The van der Waals surface area contributed by atoms with Crippen LogP contribution in [0.1, 0.15) is 23.7 Å². The topological polar surface area (TPSA) is 29.1 Å². The minimum absolute atomic E-state index is 0.234. The Kier molecular flexibility index (Phi) is 3.97. The summed E-state index contributed by atoms with van der Waals surface area (Å²) in [7, 11) is 0. The molecule has 1 aromatic heterocycles. The highest BCUT2D eigenvalue weighted by Crippen LogP contribution is 2.07. The third-order valence-electron chi connectivity index (χ3n) is 1.62. The van der Waals surface area contributed by atoms with Crippen molar-refractivity contribution in [3.8, 4) is 0 Å². The van der Waals surface area contributed by atoms with Gasteiger partial charge in [-0.2, -0.15) is 11.3 Å². The Morgan fingerprint density at radius 3 is 3.08 bits per heavy atom. The molecule has 0 saturated heterocycles. The highest BCUT2D eigenvalue weighted by molar-refractivity contribution is 7.08. The largest absolute Gasteiger partial charge is 0.317 e. The van der Waals surface area contributed by atoms with Gasteiger partial charge in [-0.15, -0.1) is 0 Å². The number of hydrogen-bond acceptors (Lipinski definition) is 3. The number of hydrogen-bond donors (Lipinski definition) is 1. The minimum atomic E-state index is 0.234. The molecule has 1 heterocycles. The summed E-state index contributed by atoms with van der Waals surface area (Å²) in [6.45, 7) is 3.75. The lowest BCUT2D eigenvalue weighted by Crippen LogP contribution is -2.17. The van der Waals surface area contributed by atoms with E-state index >= 15 is 0 Å². The Hall–Kier alpha value is -0.670. The second-order valence-corrected chi connectivity index (χ2v) is 3.32. The molecule has 0 aliphatic rings. The van der Waals surface area contributed by atoms with Crippen molar-refractivity contribution < 1.29 is 4.79 Å². The number of ketones is 1. The van der Waals surface area contributed by atoms with Crippen LogP contribution in [0.3, 0.4) is 0 Å². The predicted octanol–water partition coefficient (Wildman–Crippen LogP) is 1.93. The van der Waals surface area contributed by atoms with Crippen LogP contribution in [0.2, 0.25) is 0 Å². The van der Waals surface area contributed by atoms with E-state index in [1.807, 2.05) is 23.8 Å². The normalized spacial score (nSPS) is 10.1. The molecule has 0 radical (unpaired) electrons. The number of carbonyl (C=O) groups is 1. The van der Waals surface area contributed by atoms with Gasteiger partial charge < -0.3 is 5.32 Å². The van der Waals surface area contributed by atoms with E-state index in [0.29, 0.717) is 6.42 Å². The van der Waals surface area contributed by atoms with Crippen molar-refractivity contribution in [3.05, 3.63) is 22.4 Å². The molecule has 0 unspecified atom stereocenters. The van der Waals surface area contributed by atoms with Crippen molar-refractivity contribution in [2.24, 2.45) is 0 Å². The molecule has 1 N–H and O–H groups in total. The van der Waals surface area contributed by atoms with Gasteiger partial charge in [-0.05, 0) is 18.0 Å². The zero-order chi connectivity index (χ0) is 8.81. The summed E-state index contributed by atoms with van der Waals surface area (Å²) in [5, 5.41) is 6.95. The van der Waals surface area contributed by atoms with Gasteiger partial charge in [-0.3, -0.25) is 4.79 Å². The van der Waals surface area contributed by atoms with E-state index in [2.05, 4.69) is 5.32 Å². The number of nitrogens with one attached hydrogen (secondary N) is 1. The molecule has 66 valence electrons. The number of rotatable bonds is 5. The van der Waals surface area contributed by atoms with Crippen molar-refractivity contribution in [1.29, 1.82) is 0 Å². The standard InChI is InChI=1S/C9H13NOS/c1-2-10-5-3-9(11)8-4-6-12-7-8/h4,6-7,10H,2-3,5H2,1H3. The molecule has 0 saturated carbocycles. The van der Waals surface area contributed by atoms with E-state index in [1.54, 1.807) is 11.3 Å². The Balaban J connectivity index is 2.30. The Labute approximate surface area is 76.6 Å². The first-order valence-electron chi connectivity index (χ1n) is 4.10. The fraction of sp³-hybridized carbons (Fsp3) is 0.444. The van der Waals surface area contributed by atoms with Crippen LogP contribution in [0.25, 0.3) is 0 Å². The maximum atomic E-state index is 11.3. The van der Waals surface area contributed by atoms with Crippen LogP contribution in [0.5, 0.6) is 0 Å². The molecule has 0 aliphatic carbocycles. The first kappa shape index (κ1) is 9.42. The Morgan fingerprint density at radius 2 is 2.50 bits per heavy atom. The average Bonchev–Trinajstić information content (AvgIpc) is 2.56. The predicted molar refractivity (Wildman–Crippen MR) is 51.8 cm³/mol. The molecule has 0 aromatic carbocycles. The maximum Gasteiger partial charge on any atom is 0.164 e. The van der Waals surface area contributed by atoms with E-state index < -0.39 is 0 Å². The summed E-state index contributed by atoms with van der Waals surface area (Å²) in [5.41, 5.74) is 0.845. The molecule has 0 spiro atoms. The first-order chi connectivity index (χ1) is 5.84. The Bertz CT molecular complexity index is 231. The number of Topliss-reactive ketones (excluding diaryl/α,β-unsaturated/α-hetero) is 1. The fourth-order valence-electron chi connectivity index (χ4n) is 0.946. The average molecular weight is 183 g/mol. The maximum absolute atomic E-state index is 11.3. The second kappa shape index (κ2) is 5.06. The highest BCUT2D eigenvalue weighted by atomic mass is 32.1. The molecule has 2 nitrogen and oxygen atoms in total. The van der Waals surface area contributed by atoms with Crippen LogP contribution < -0.4 is 5.32 Å². The molecule has 0 amide bonds. The van der Waals surface area contributed by atoms with Gasteiger partial charge >= 0.3 is 0 Å². The van der Waals surface area contributed by atoms with Gasteiger partial charge in [0.25, 0.3) is 0 Å². The zero-order valence-corrected chi connectivity index (χ0v) is 7.99. The van der Waals surface area contributed by atoms with Gasteiger partial charge in [0.2, 0.25) is 0 Å². The van der Waals surface area contributed by atoms with Crippen molar-refractivity contribution >= 4 is 17.1 Å². The van der Waals surface area contributed by atoms with E-state index in [1.165, 1.54) is 0 Å². The summed E-state index contributed by atoms with van der Waals surface area (Å²) in [5.74, 6) is 0.234. The van der Waals surface area contributed by atoms with Crippen molar-refractivity contribution in [1.82, 2.24) is 5.32 Å². The van der Waals surface area contributed by atoms with Crippen molar-refractivity contribution in [2.75, 3.05) is 13.1 Å². The Morgan fingerprint density at radius 1 is 1.67 bits per heavy atom. The van der Waals surface area contributed by atoms with Crippen molar-refractivity contribution in [2.45, 2.75) is 13.3 Å². The van der Waals surface area contributed by atoms with Crippen LogP contribution in [0.15, 0.2) is 16.8 Å². The minimum Gasteiger partial charge on any atom is -0.317 e. The summed E-state index contributed by atoms with van der Waals surface area (Å²) in [6.07, 6.45) is 0.602. The third-order valence-corrected chi connectivity index (χ3v) is 2.31. The molecular weight excluding hydrogens is 170 g/mol. The second-order valence-electron chi connectivity index (χ2n) is 2.54. The number of thiophene rings is 1. The van der Waals surface area contributed by atoms with Gasteiger partial charge in [0, 0.05) is 23.9 Å². The SMILES string of the molecule is CCNCCC(=O)c1ccsc1. The number of carbonyl (C=O) groups excluding carboxylic acids is 1. The van der Waals surface area contributed by atoms with E-state index in [0.717, 1.165) is 18.7 Å². The molecule has 0 aliphatic heterocycles. The van der Waals surface area contributed by atoms with Crippen LogP contribution in [-0.4, -0.2) is 18.9 Å². The summed E-state index contributed by atoms with van der Waals surface area (Å²) >= 11 is 1.57. The monoisotopic (exact) mass is 183 g/mol. The quantitative estimate of drug-likeness (QED) is 0.558. The summed E-state index contributed by atoms with van der Waals surface area (Å²) in [6, 6.07) is 1.87. The molecule has 0 fully saturated rings. The van der Waals surface area contributed by atoms with Gasteiger partial charge in [0.1, 0.15) is 0 Å². The summed E-state index contributed by atoms with van der Waals surface area (Å²) < 4.78 is 0. The molecule has 3 heteroatoms. The van der Waals surface area contributed by atoms with Gasteiger partial charge in [-0.25, -0.2) is 0 Å². The van der Waals surface area contributed by atoms with Crippen molar-refractivity contribution in [3.63, 3.8) is 0 Å². The molecule has 1 aromatic rings. The lowest BCUT2D eigenvalue weighted by Gasteiger charge is -1.98. The molecular formula is C9H13NOS. The molecule has 0 bridgehead atoms. The fourth-order valence-corrected chi connectivity index (χ4v) is 1.61. The van der Waals surface area contributed by atoms with Crippen LogP contribution in [-0.2, 0) is 0 Å². The van der Waals surface area contributed by atoms with Gasteiger partial charge in [0.15, 0.2) is 5.78 Å². The smallest absolute Gasteiger partial charge is 0.164 e. The molecule has 12 heavy (non-hydrogen) atoms. The van der Waals surface area contributed by atoms with Crippen LogP contribution in [0.4, 0.5) is 0 Å². The van der Waals surface area contributed by atoms with Gasteiger partial charge in [-0.1, -0.05) is 6.92 Å². The highest BCUT2D eigenvalue weighted by Gasteiger charge is 2.03. The summed E-state index contributed by atoms with van der Waals surface area (Å²) in [4.78, 5) is 11.3. The first-order valence-corrected chi connectivity index (χ1v) is 5.05.